The first kappa shape index (κ1) is 18.9. The van der Waals surface area contributed by atoms with Crippen LogP contribution in [0.1, 0.15) is 37.1 Å². The quantitative estimate of drug-likeness (QED) is 0.833. The van der Waals surface area contributed by atoms with Gasteiger partial charge in [0.25, 0.3) is 0 Å². The zero-order chi connectivity index (χ0) is 19.0. The minimum atomic E-state index is -0.896. The molecule has 3 saturated heterocycles. The summed E-state index contributed by atoms with van der Waals surface area (Å²) >= 11 is 0. The molecule has 0 aliphatic carbocycles. The van der Waals surface area contributed by atoms with E-state index in [0.717, 1.165) is 25.0 Å². The third-order valence-corrected chi connectivity index (χ3v) is 8.07. The summed E-state index contributed by atoms with van der Waals surface area (Å²) in [4.78, 5) is 16.4. The Morgan fingerprint density at radius 2 is 2.19 bits per heavy atom. The number of aryl methyl sites for hydroxylation is 1. The Hall–Kier alpha value is -1.48. The number of hydrogen-bond donors (Lipinski definition) is 1. The Kier molecular flexibility index (Phi) is 5.50. The second kappa shape index (κ2) is 7.87. The summed E-state index contributed by atoms with van der Waals surface area (Å²) in [7, 11) is -0.806. The van der Waals surface area contributed by atoms with E-state index in [0.29, 0.717) is 44.9 Å². The molecule has 3 fully saturated rings. The smallest absolute Gasteiger partial charge is 0.317 e. The van der Waals surface area contributed by atoms with Crippen LogP contribution in [0, 0.1) is 6.92 Å². The zero-order valence-electron chi connectivity index (χ0n) is 15.6. The number of hydrogen-bond acceptors (Lipinski definition) is 5. The van der Waals surface area contributed by atoms with Gasteiger partial charge in [0.1, 0.15) is 6.17 Å². The van der Waals surface area contributed by atoms with Crippen LogP contribution in [-0.4, -0.2) is 74.1 Å². The second-order valence-corrected chi connectivity index (χ2v) is 9.91. The minimum absolute atomic E-state index is 0.0630. The summed E-state index contributed by atoms with van der Waals surface area (Å²) < 4.78 is 31.5. The molecule has 1 aromatic heterocycles. The van der Waals surface area contributed by atoms with Gasteiger partial charge in [-0.25, -0.2) is 9.18 Å². The van der Waals surface area contributed by atoms with Crippen molar-refractivity contribution in [2.75, 3.05) is 26.2 Å². The summed E-state index contributed by atoms with van der Waals surface area (Å²) in [6, 6.07) is 1.66. The predicted octanol–water partition coefficient (Wildman–Crippen LogP) is 1.59. The molecule has 3 aliphatic heterocycles. The maximum atomic E-state index is 14.0. The molecule has 7 nitrogen and oxygen atoms in total. The zero-order valence-corrected chi connectivity index (χ0v) is 16.4. The van der Waals surface area contributed by atoms with Crippen LogP contribution in [0.15, 0.2) is 10.6 Å². The minimum Gasteiger partial charge on any atom is -0.360 e. The van der Waals surface area contributed by atoms with Gasteiger partial charge in [0.2, 0.25) is 0 Å². The van der Waals surface area contributed by atoms with Crippen molar-refractivity contribution in [2.45, 2.75) is 61.9 Å². The molecule has 5 atom stereocenters. The molecule has 0 spiro atoms. The average Bonchev–Trinajstić information content (AvgIpc) is 3.24. The van der Waals surface area contributed by atoms with Crippen molar-refractivity contribution in [3.8, 4) is 0 Å². The lowest BCUT2D eigenvalue weighted by atomic mass is 10.1. The van der Waals surface area contributed by atoms with E-state index in [-0.39, 0.29) is 22.6 Å². The standard InChI is InChI=1S/C18H27FN4O3S/c1-12-6-15(26-21-12)10-23-9-13(19)7-14(23)8-20-18(24)22-5-4-16-2-3-17(11-22)27(16)25/h6,13-14,16-17H,2-5,7-11H2,1H3,(H,20,24)/t13-,14-,16?,17?,27?/m0/s1. The average molecular weight is 399 g/mol. The number of fused-ring (bicyclic) bond motifs is 2. The van der Waals surface area contributed by atoms with Crippen LogP contribution in [0.25, 0.3) is 0 Å². The molecule has 150 valence electrons. The third kappa shape index (κ3) is 4.18. The molecular formula is C18H27FN4O3S. The van der Waals surface area contributed by atoms with E-state index >= 15 is 0 Å². The van der Waals surface area contributed by atoms with Crippen LogP contribution >= 0.6 is 0 Å². The maximum Gasteiger partial charge on any atom is 0.317 e. The largest absolute Gasteiger partial charge is 0.360 e. The Balaban J connectivity index is 1.31. The molecule has 1 aromatic rings. The number of nitrogens with one attached hydrogen (secondary N) is 1. The molecule has 3 unspecified atom stereocenters. The van der Waals surface area contributed by atoms with Crippen molar-refractivity contribution in [1.82, 2.24) is 20.3 Å². The molecule has 0 radical (unpaired) electrons. The maximum absolute atomic E-state index is 14.0. The highest BCUT2D eigenvalue weighted by Crippen LogP contribution is 2.30. The molecule has 2 bridgehead atoms. The lowest BCUT2D eigenvalue weighted by Crippen LogP contribution is -2.47. The van der Waals surface area contributed by atoms with E-state index in [1.807, 2.05) is 17.9 Å². The first-order valence-electron chi connectivity index (χ1n) is 9.72. The van der Waals surface area contributed by atoms with Crippen LogP contribution in [0.3, 0.4) is 0 Å². The Morgan fingerprint density at radius 3 is 2.96 bits per heavy atom. The topological polar surface area (TPSA) is 78.7 Å². The summed E-state index contributed by atoms with van der Waals surface area (Å²) in [5.74, 6) is 0.712. The highest BCUT2D eigenvalue weighted by atomic mass is 32.2. The molecule has 27 heavy (non-hydrogen) atoms. The Bertz CT molecular complexity index is 715. The van der Waals surface area contributed by atoms with Crippen molar-refractivity contribution in [2.24, 2.45) is 0 Å². The van der Waals surface area contributed by atoms with Crippen LogP contribution in [-0.2, 0) is 17.3 Å². The number of nitrogens with zero attached hydrogens (tertiary/aromatic N) is 3. The van der Waals surface area contributed by atoms with Gasteiger partial charge >= 0.3 is 6.03 Å². The molecule has 4 heterocycles. The van der Waals surface area contributed by atoms with E-state index in [1.165, 1.54) is 0 Å². The van der Waals surface area contributed by atoms with E-state index in [1.54, 1.807) is 4.90 Å². The van der Waals surface area contributed by atoms with Crippen molar-refractivity contribution in [1.29, 1.82) is 0 Å². The molecule has 4 rings (SSSR count). The fourth-order valence-electron chi connectivity index (χ4n) is 4.46. The normalized spacial score (nSPS) is 34.0. The van der Waals surface area contributed by atoms with E-state index in [9.17, 15) is 13.4 Å². The van der Waals surface area contributed by atoms with Crippen molar-refractivity contribution >= 4 is 16.8 Å². The predicted molar refractivity (Wildman–Crippen MR) is 99.5 cm³/mol. The summed E-state index contributed by atoms with van der Waals surface area (Å²) in [5.41, 5.74) is 0.804. The van der Waals surface area contributed by atoms with Gasteiger partial charge in [0, 0.05) is 54.3 Å². The van der Waals surface area contributed by atoms with E-state index < -0.39 is 17.0 Å². The summed E-state index contributed by atoms with van der Waals surface area (Å²) in [5, 5.41) is 7.20. The third-order valence-electron chi connectivity index (χ3n) is 5.90. The van der Waals surface area contributed by atoms with Gasteiger partial charge in [-0.3, -0.25) is 9.11 Å². The number of carbonyl (C=O) groups excluding carboxylic acids is 1. The van der Waals surface area contributed by atoms with Gasteiger partial charge in [0.15, 0.2) is 5.76 Å². The van der Waals surface area contributed by atoms with Gasteiger partial charge < -0.3 is 14.7 Å². The molecule has 2 amide bonds. The fraction of sp³-hybridized carbons (Fsp3) is 0.778. The fourth-order valence-corrected chi connectivity index (χ4v) is 6.40. The van der Waals surface area contributed by atoms with Crippen molar-refractivity contribution < 1.29 is 17.9 Å². The van der Waals surface area contributed by atoms with Crippen LogP contribution in [0.4, 0.5) is 9.18 Å². The van der Waals surface area contributed by atoms with Gasteiger partial charge in [-0.15, -0.1) is 0 Å². The molecule has 0 saturated carbocycles. The SMILES string of the molecule is Cc1cc(CN2C[C@@H](F)C[C@H]2CNC(=O)N2CCC3CCC(C2)S3=O)on1. The first-order chi connectivity index (χ1) is 13.0. The second-order valence-electron chi connectivity index (χ2n) is 7.92. The molecule has 0 aromatic carbocycles. The van der Waals surface area contributed by atoms with Crippen molar-refractivity contribution in [3.63, 3.8) is 0 Å². The van der Waals surface area contributed by atoms with Crippen LogP contribution < -0.4 is 5.32 Å². The highest BCUT2D eigenvalue weighted by Gasteiger charge is 2.38. The number of rotatable bonds is 4. The van der Waals surface area contributed by atoms with Gasteiger partial charge in [-0.05, 0) is 32.6 Å². The summed E-state index contributed by atoms with van der Waals surface area (Å²) in [6.45, 7) is 4.30. The van der Waals surface area contributed by atoms with Crippen molar-refractivity contribution in [3.05, 3.63) is 17.5 Å². The lowest BCUT2D eigenvalue weighted by Gasteiger charge is -2.27. The number of urea groups is 1. The molecule has 9 heteroatoms. The van der Waals surface area contributed by atoms with E-state index in [4.69, 9.17) is 4.52 Å². The Morgan fingerprint density at radius 1 is 1.37 bits per heavy atom. The number of halogens is 1. The highest BCUT2D eigenvalue weighted by molar-refractivity contribution is 7.86. The number of alkyl halides is 1. The van der Waals surface area contributed by atoms with Gasteiger partial charge in [0.05, 0.1) is 17.5 Å². The number of amides is 2. The van der Waals surface area contributed by atoms with Gasteiger partial charge in [-0.1, -0.05) is 5.16 Å². The first-order valence-corrected chi connectivity index (χ1v) is 11.0. The van der Waals surface area contributed by atoms with Crippen LogP contribution in [0.2, 0.25) is 0 Å². The lowest BCUT2D eigenvalue weighted by molar-refractivity contribution is 0.182. The number of likely N-dealkylation sites (tertiary alicyclic amines) is 2. The molecule has 3 aliphatic rings. The number of aromatic nitrogens is 1. The van der Waals surface area contributed by atoms with Gasteiger partial charge in [-0.2, -0.15) is 0 Å². The number of carbonyl (C=O) groups is 1. The summed E-state index contributed by atoms with van der Waals surface area (Å²) in [6.07, 6.45) is 2.28. The molecule has 1 N–H and O–H groups in total. The monoisotopic (exact) mass is 398 g/mol. The van der Waals surface area contributed by atoms with Crippen LogP contribution in [0.5, 0.6) is 0 Å². The molecular weight excluding hydrogens is 371 g/mol. The Labute approximate surface area is 161 Å². The van der Waals surface area contributed by atoms with E-state index in [2.05, 4.69) is 10.5 Å².